The van der Waals surface area contributed by atoms with Gasteiger partial charge >= 0.3 is 0 Å². The first-order valence-corrected chi connectivity index (χ1v) is 16.1. The second-order valence-corrected chi connectivity index (χ2v) is 15.1. The van der Waals surface area contributed by atoms with E-state index in [0.29, 0.717) is 35.7 Å². The fourth-order valence-corrected chi connectivity index (χ4v) is 8.32. The second kappa shape index (κ2) is 12.3. The Balaban J connectivity index is 1.36. The van der Waals surface area contributed by atoms with Gasteiger partial charge in [-0.2, -0.15) is 0 Å². The molecule has 7 unspecified atom stereocenters. The summed E-state index contributed by atoms with van der Waals surface area (Å²) in [7, 11) is 0. The molecular weight excluding hydrogens is 488 g/mol. The maximum absolute atomic E-state index is 4.31. The summed E-state index contributed by atoms with van der Waals surface area (Å²) in [5.74, 6) is 1.37. The van der Waals surface area contributed by atoms with Crippen molar-refractivity contribution in [1.82, 2.24) is 30.6 Å². The molecule has 0 saturated carbocycles. The van der Waals surface area contributed by atoms with E-state index in [-0.39, 0.29) is 11.0 Å². The lowest BCUT2D eigenvalue weighted by Gasteiger charge is -2.50. The van der Waals surface area contributed by atoms with Gasteiger partial charge in [0.25, 0.3) is 0 Å². The molecule has 4 N–H and O–H groups in total. The third-order valence-electron chi connectivity index (χ3n) is 9.47. The third kappa shape index (κ3) is 7.21. The highest BCUT2D eigenvalue weighted by Crippen LogP contribution is 2.41. The van der Waals surface area contributed by atoms with Crippen LogP contribution in [-0.2, 0) is 0 Å². The molecule has 0 spiro atoms. The SMILES string of the molecule is CC(C)(C)C1CCC2CNSC3CCCC(NC(/C=C/c4cccnc4)CC[C@@H]4CN(C2N1)C(C)(C)C4)N3. The molecule has 8 atom stereocenters. The number of rotatable bonds is 2. The predicted molar refractivity (Wildman–Crippen MR) is 161 cm³/mol. The van der Waals surface area contributed by atoms with Gasteiger partial charge in [-0.05, 0) is 88.2 Å². The molecule has 0 radical (unpaired) electrons. The predicted octanol–water partition coefficient (Wildman–Crippen LogP) is 5.35. The van der Waals surface area contributed by atoms with Crippen molar-refractivity contribution in [2.75, 3.05) is 13.1 Å². The summed E-state index contributed by atoms with van der Waals surface area (Å²) in [6.45, 7) is 14.5. The summed E-state index contributed by atoms with van der Waals surface area (Å²) >= 11 is 1.93. The van der Waals surface area contributed by atoms with Gasteiger partial charge in [0.2, 0.25) is 0 Å². The Kier molecular flexibility index (Phi) is 9.23. The molecule has 38 heavy (non-hydrogen) atoms. The first kappa shape index (κ1) is 28.6. The van der Waals surface area contributed by atoms with E-state index in [1.807, 2.05) is 30.4 Å². The lowest BCUT2D eigenvalue weighted by molar-refractivity contribution is 0.00553. The Bertz CT molecular complexity index is 915. The standard InChI is InChI=1S/C31H52N6S/c1-30(2,3)26-16-13-24-20-33-38-28-10-6-9-27(36-28)34-25(14-11-22-8-7-17-32-19-22)15-12-23-18-31(4,5)37(21-23)29(24)35-26/h7-8,11,14,17,19,23-29,33-36H,6,9-10,12-13,15-16,18,20-21H2,1-5H3/b14-11+/t23-,24?,25?,26?,27?,28?,29?/m0/s1. The molecule has 4 fully saturated rings. The number of fused-ring (bicyclic) bond motifs is 6. The topological polar surface area (TPSA) is 64.2 Å². The second-order valence-electron chi connectivity index (χ2n) is 14.0. The zero-order valence-corrected chi connectivity index (χ0v) is 25.2. The molecular formula is C31H52N6S. The number of nitrogens with zero attached hydrogens (tertiary/aromatic N) is 2. The van der Waals surface area contributed by atoms with Crippen molar-refractivity contribution in [2.24, 2.45) is 17.3 Å². The van der Waals surface area contributed by atoms with Crippen LogP contribution in [0.3, 0.4) is 0 Å². The summed E-state index contributed by atoms with van der Waals surface area (Å²) in [4.78, 5) is 7.16. The van der Waals surface area contributed by atoms with Crippen LogP contribution in [0.5, 0.6) is 0 Å². The smallest absolute Gasteiger partial charge is 0.0690 e. The van der Waals surface area contributed by atoms with E-state index in [9.17, 15) is 0 Å². The lowest BCUT2D eigenvalue weighted by Crippen LogP contribution is -2.63. The summed E-state index contributed by atoms with van der Waals surface area (Å²) in [6.07, 6.45) is 19.2. The molecule has 1 aromatic heterocycles. The minimum atomic E-state index is 0.219. The van der Waals surface area contributed by atoms with Gasteiger partial charge in [-0.1, -0.05) is 50.9 Å². The van der Waals surface area contributed by atoms with E-state index < -0.39 is 0 Å². The zero-order valence-electron chi connectivity index (χ0n) is 24.4. The fourth-order valence-electron chi connectivity index (χ4n) is 7.29. The number of hydrogen-bond acceptors (Lipinski definition) is 7. The Morgan fingerprint density at radius 3 is 2.71 bits per heavy atom. The van der Waals surface area contributed by atoms with Gasteiger partial charge in [-0.3, -0.25) is 30.6 Å². The van der Waals surface area contributed by atoms with Gasteiger partial charge in [0.05, 0.1) is 17.7 Å². The number of aromatic nitrogens is 1. The van der Waals surface area contributed by atoms with Crippen molar-refractivity contribution in [2.45, 2.75) is 121 Å². The first-order valence-electron chi connectivity index (χ1n) is 15.2. The minimum Gasteiger partial charge on any atom is -0.298 e. The average Bonchev–Trinajstić information content (AvgIpc) is 3.19. The van der Waals surface area contributed by atoms with Gasteiger partial charge in [0.15, 0.2) is 0 Å². The number of pyridine rings is 1. The van der Waals surface area contributed by atoms with Crippen LogP contribution in [0, 0.1) is 17.3 Å². The number of hydrogen-bond donors (Lipinski definition) is 4. The normalized spacial score (nSPS) is 38.8. The first-order chi connectivity index (χ1) is 18.2. The lowest BCUT2D eigenvalue weighted by atomic mass is 9.78. The zero-order chi connectivity index (χ0) is 26.8. The maximum atomic E-state index is 4.31. The molecule has 4 aliphatic rings. The van der Waals surface area contributed by atoms with Crippen molar-refractivity contribution in [3.8, 4) is 0 Å². The van der Waals surface area contributed by atoms with Gasteiger partial charge in [0, 0.05) is 49.0 Å². The quantitative estimate of drug-likeness (QED) is 0.377. The highest BCUT2D eigenvalue weighted by Gasteiger charge is 2.47. The molecule has 0 amide bonds. The van der Waals surface area contributed by atoms with Gasteiger partial charge in [-0.25, -0.2) is 0 Å². The largest absolute Gasteiger partial charge is 0.298 e. The van der Waals surface area contributed by atoms with Crippen molar-refractivity contribution in [1.29, 1.82) is 0 Å². The Morgan fingerprint density at radius 1 is 1.05 bits per heavy atom. The Hall–Kier alpha value is -0.960. The van der Waals surface area contributed by atoms with Gasteiger partial charge < -0.3 is 0 Å². The Morgan fingerprint density at radius 2 is 1.92 bits per heavy atom. The van der Waals surface area contributed by atoms with Crippen LogP contribution in [-0.4, -0.2) is 58.3 Å². The molecule has 212 valence electrons. The molecule has 1 aromatic rings. The van der Waals surface area contributed by atoms with Crippen molar-refractivity contribution in [3.63, 3.8) is 0 Å². The average molecular weight is 541 g/mol. The van der Waals surface area contributed by atoms with Crippen LogP contribution in [0.25, 0.3) is 6.08 Å². The Labute approximate surface area is 236 Å². The van der Waals surface area contributed by atoms with Crippen molar-refractivity contribution in [3.05, 3.63) is 36.2 Å². The monoisotopic (exact) mass is 540 g/mol. The highest BCUT2D eigenvalue weighted by atomic mass is 32.2. The van der Waals surface area contributed by atoms with E-state index in [1.54, 1.807) is 0 Å². The van der Waals surface area contributed by atoms with Crippen LogP contribution in [0.1, 0.15) is 91.5 Å². The molecule has 0 aromatic carbocycles. The third-order valence-corrected chi connectivity index (χ3v) is 10.5. The van der Waals surface area contributed by atoms with Crippen LogP contribution >= 0.6 is 11.9 Å². The van der Waals surface area contributed by atoms with Crippen LogP contribution in [0.15, 0.2) is 30.6 Å². The van der Waals surface area contributed by atoms with Gasteiger partial charge in [0.1, 0.15) is 0 Å². The van der Waals surface area contributed by atoms with E-state index in [0.717, 1.165) is 12.5 Å². The van der Waals surface area contributed by atoms with E-state index in [1.165, 1.54) is 63.5 Å². The van der Waals surface area contributed by atoms with E-state index >= 15 is 0 Å². The summed E-state index contributed by atoms with van der Waals surface area (Å²) in [6, 6.07) is 5.09. The van der Waals surface area contributed by atoms with Crippen molar-refractivity contribution < 1.29 is 0 Å². The molecule has 5 heterocycles. The molecule has 4 aliphatic heterocycles. The van der Waals surface area contributed by atoms with Crippen molar-refractivity contribution >= 4 is 18.0 Å². The fraction of sp³-hybridized carbons (Fsp3) is 0.774. The maximum Gasteiger partial charge on any atom is 0.0690 e. The molecule has 7 heteroatoms. The highest BCUT2D eigenvalue weighted by molar-refractivity contribution is 7.98. The molecule has 4 saturated heterocycles. The number of nitrogens with one attached hydrogen (secondary N) is 4. The summed E-state index contributed by atoms with van der Waals surface area (Å²) in [5.41, 5.74) is 1.68. The van der Waals surface area contributed by atoms with E-state index in [4.69, 9.17) is 0 Å². The number of piperidine rings is 2. The van der Waals surface area contributed by atoms with E-state index in [2.05, 4.69) is 83.4 Å². The molecule has 4 bridgehead atoms. The van der Waals surface area contributed by atoms with Gasteiger partial charge in [-0.15, -0.1) is 0 Å². The summed E-state index contributed by atoms with van der Waals surface area (Å²) < 4.78 is 3.85. The molecule has 6 nitrogen and oxygen atoms in total. The van der Waals surface area contributed by atoms with Crippen LogP contribution in [0.2, 0.25) is 0 Å². The minimum absolute atomic E-state index is 0.219. The molecule has 5 rings (SSSR count). The van der Waals surface area contributed by atoms with Crippen LogP contribution < -0.4 is 20.7 Å². The summed E-state index contributed by atoms with van der Waals surface area (Å²) in [5, 5.41) is 12.6. The molecule has 0 aliphatic carbocycles. The van der Waals surface area contributed by atoms with Crippen LogP contribution in [0.4, 0.5) is 0 Å².